The average molecular weight is 432 g/mol. The largest absolute Gasteiger partial charge is 0.490 e. The molecule has 0 spiro atoms. The maximum atomic E-state index is 12.2. The van der Waals surface area contributed by atoms with Gasteiger partial charge in [0, 0.05) is 23.8 Å². The van der Waals surface area contributed by atoms with Crippen molar-refractivity contribution >= 4 is 39.7 Å². The summed E-state index contributed by atoms with van der Waals surface area (Å²) in [7, 11) is 0. The third-order valence-electron chi connectivity index (χ3n) is 3.93. The molecule has 3 aromatic rings. The first-order chi connectivity index (χ1) is 14.0. The van der Waals surface area contributed by atoms with Crippen LogP contribution < -0.4 is 20.1 Å². The van der Waals surface area contributed by atoms with E-state index < -0.39 is 0 Å². The fraction of sp³-hybridized carbons (Fsp3) is 0.238. The second-order valence-electron chi connectivity index (χ2n) is 6.23. The van der Waals surface area contributed by atoms with Gasteiger partial charge in [-0.3, -0.25) is 4.79 Å². The third kappa shape index (κ3) is 6.10. The Morgan fingerprint density at radius 1 is 1.21 bits per heavy atom. The Morgan fingerprint density at radius 2 is 2.00 bits per heavy atom. The number of aryl methyl sites for hydroxylation is 1. The zero-order valence-corrected chi connectivity index (χ0v) is 17.8. The molecule has 0 radical (unpaired) electrons. The maximum absolute atomic E-state index is 12.2. The van der Waals surface area contributed by atoms with Gasteiger partial charge in [-0.1, -0.05) is 29.3 Å². The Bertz CT molecular complexity index is 947. The van der Waals surface area contributed by atoms with Crippen LogP contribution in [0.5, 0.6) is 11.5 Å². The highest BCUT2D eigenvalue weighted by atomic mass is 35.5. The lowest BCUT2D eigenvalue weighted by Gasteiger charge is -2.15. The molecule has 2 aromatic carbocycles. The van der Waals surface area contributed by atoms with Gasteiger partial charge in [0.2, 0.25) is 0 Å². The van der Waals surface area contributed by atoms with E-state index in [0.717, 1.165) is 16.3 Å². The Kier molecular flexibility index (Phi) is 7.32. The molecule has 0 aliphatic carbocycles. The molecule has 0 aliphatic heterocycles. The number of nitrogens with one attached hydrogen (secondary N) is 2. The molecule has 0 atom stereocenters. The van der Waals surface area contributed by atoms with Crippen LogP contribution in [-0.4, -0.2) is 24.1 Å². The van der Waals surface area contributed by atoms with Gasteiger partial charge < -0.3 is 20.1 Å². The number of thiazole rings is 1. The monoisotopic (exact) mass is 431 g/mol. The first-order valence-electron chi connectivity index (χ1n) is 9.13. The Morgan fingerprint density at radius 3 is 2.69 bits per heavy atom. The van der Waals surface area contributed by atoms with Crippen molar-refractivity contribution in [3.8, 4) is 11.5 Å². The van der Waals surface area contributed by atoms with E-state index in [1.54, 1.807) is 12.3 Å². The Balaban J connectivity index is 1.65. The molecule has 1 amide bonds. The molecule has 29 heavy (non-hydrogen) atoms. The van der Waals surface area contributed by atoms with E-state index in [9.17, 15) is 4.79 Å². The predicted molar refractivity (Wildman–Crippen MR) is 117 cm³/mol. The van der Waals surface area contributed by atoms with E-state index in [0.29, 0.717) is 35.4 Å². The minimum Gasteiger partial charge on any atom is -0.490 e. The smallest absolute Gasteiger partial charge is 0.262 e. The van der Waals surface area contributed by atoms with Crippen LogP contribution in [-0.2, 0) is 11.3 Å². The SMILES string of the molecule is CCOc1cc(CNc2nccs2)cc(Cl)c1OCC(=O)Nc1ccc(C)cc1. The highest BCUT2D eigenvalue weighted by Crippen LogP contribution is 2.37. The van der Waals surface area contributed by atoms with Crippen LogP contribution in [0, 0.1) is 6.92 Å². The summed E-state index contributed by atoms with van der Waals surface area (Å²) in [4.78, 5) is 16.4. The van der Waals surface area contributed by atoms with E-state index in [4.69, 9.17) is 21.1 Å². The Hall–Kier alpha value is -2.77. The topological polar surface area (TPSA) is 72.5 Å². The van der Waals surface area contributed by atoms with E-state index in [1.807, 2.05) is 49.6 Å². The van der Waals surface area contributed by atoms with Crippen molar-refractivity contribution in [3.63, 3.8) is 0 Å². The molecule has 3 rings (SSSR count). The quantitative estimate of drug-likeness (QED) is 0.491. The van der Waals surface area contributed by atoms with Gasteiger partial charge in [-0.25, -0.2) is 4.98 Å². The number of hydrogen-bond donors (Lipinski definition) is 2. The number of halogens is 1. The summed E-state index contributed by atoms with van der Waals surface area (Å²) < 4.78 is 11.4. The Labute approximate surface area is 178 Å². The number of aromatic nitrogens is 1. The van der Waals surface area contributed by atoms with Crippen LogP contribution in [0.4, 0.5) is 10.8 Å². The maximum Gasteiger partial charge on any atom is 0.262 e. The second kappa shape index (κ2) is 10.1. The van der Waals surface area contributed by atoms with Crippen molar-refractivity contribution in [1.29, 1.82) is 0 Å². The first kappa shape index (κ1) is 21.0. The van der Waals surface area contributed by atoms with Crippen molar-refractivity contribution < 1.29 is 14.3 Å². The summed E-state index contributed by atoms with van der Waals surface area (Å²) in [5.74, 6) is 0.575. The number of carbonyl (C=O) groups is 1. The summed E-state index contributed by atoms with van der Waals surface area (Å²) in [6.45, 7) is 4.68. The summed E-state index contributed by atoms with van der Waals surface area (Å²) in [6.07, 6.45) is 1.74. The van der Waals surface area contributed by atoms with Crippen LogP contribution in [0.1, 0.15) is 18.1 Å². The highest BCUT2D eigenvalue weighted by molar-refractivity contribution is 7.13. The number of rotatable bonds is 9. The normalized spacial score (nSPS) is 10.4. The van der Waals surface area contributed by atoms with Gasteiger partial charge in [-0.2, -0.15) is 0 Å². The molecule has 152 valence electrons. The molecule has 0 saturated heterocycles. The molecule has 1 aromatic heterocycles. The van der Waals surface area contributed by atoms with Crippen molar-refractivity contribution in [3.05, 3.63) is 64.1 Å². The molecule has 8 heteroatoms. The van der Waals surface area contributed by atoms with E-state index >= 15 is 0 Å². The van der Waals surface area contributed by atoms with Gasteiger partial charge in [0.25, 0.3) is 5.91 Å². The van der Waals surface area contributed by atoms with Gasteiger partial charge >= 0.3 is 0 Å². The van der Waals surface area contributed by atoms with Gasteiger partial charge in [0.05, 0.1) is 11.6 Å². The van der Waals surface area contributed by atoms with Crippen LogP contribution in [0.15, 0.2) is 48.0 Å². The minimum absolute atomic E-state index is 0.176. The summed E-state index contributed by atoms with van der Waals surface area (Å²) in [5, 5.41) is 9.13. The molecular weight excluding hydrogens is 410 g/mol. The van der Waals surface area contributed by atoms with Crippen molar-refractivity contribution in [2.75, 3.05) is 23.8 Å². The van der Waals surface area contributed by atoms with Crippen LogP contribution in [0.2, 0.25) is 5.02 Å². The van der Waals surface area contributed by atoms with Gasteiger partial charge in [0.15, 0.2) is 23.2 Å². The molecule has 2 N–H and O–H groups in total. The number of carbonyl (C=O) groups excluding carboxylic acids is 1. The average Bonchev–Trinajstić information content (AvgIpc) is 3.21. The van der Waals surface area contributed by atoms with Gasteiger partial charge in [-0.15, -0.1) is 11.3 Å². The lowest BCUT2D eigenvalue weighted by Crippen LogP contribution is -2.20. The van der Waals surface area contributed by atoms with E-state index in [2.05, 4.69) is 15.6 Å². The fourth-order valence-electron chi connectivity index (χ4n) is 2.59. The zero-order valence-electron chi connectivity index (χ0n) is 16.2. The van der Waals surface area contributed by atoms with Crippen molar-refractivity contribution in [1.82, 2.24) is 4.98 Å². The summed E-state index contributed by atoms with van der Waals surface area (Å²) in [5.41, 5.74) is 2.76. The van der Waals surface area contributed by atoms with E-state index in [1.165, 1.54) is 11.3 Å². The minimum atomic E-state index is -0.276. The van der Waals surface area contributed by atoms with Gasteiger partial charge in [-0.05, 0) is 43.7 Å². The van der Waals surface area contributed by atoms with Gasteiger partial charge in [0.1, 0.15) is 0 Å². The van der Waals surface area contributed by atoms with Crippen LogP contribution in [0.3, 0.4) is 0 Å². The lowest BCUT2D eigenvalue weighted by atomic mass is 10.2. The van der Waals surface area contributed by atoms with Crippen molar-refractivity contribution in [2.45, 2.75) is 20.4 Å². The van der Waals surface area contributed by atoms with E-state index in [-0.39, 0.29) is 12.5 Å². The number of amides is 1. The highest BCUT2D eigenvalue weighted by Gasteiger charge is 2.15. The number of hydrogen-bond acceptors (Lipinski definition) is 6. The van der Waals surface area contributed by atoms with Crippen LogP contribution >= 0.6 is 22.9 Å². The second-order valence-corrected chi connectivity index (χ2v) is 7.53. The molecule has 0 unspecified atom stereocenters. The molecule has 0 bridgehead atoms. The molecule has 1 heterocycles. The fourth-order valence-corrected chi connectivity index (χ4v) is 3.40. The molecule has 0 saturated carbocycles. The number of benzene rings is 2. The predicted octanol–water partition coefficient (Wildman–Crippen LogP) is 5.13. The number of anilines is 2. The summed E-state index contributed by atoms with van der Waals surface area (Å²) >= 11 is 7.94. The number of ether oxygens (including phenoxy) is 2. The van der Waals surface area contributed by atoms with Crippen LogP contribution in [0.25, 0.3) is 0 Å². The van der Waals surface area contributed by atoms with Crippen molar-refractivity contribution in [2.24, 2.45) is 0 Å². The lowest BCUT2D eigenvalue weighted by molar-refractivity contribution is -0.118. The molecule has 0 fully saturated rings. The molecule has 0 aliphatic rings. The first-order valence-corrected chi connectivity index (χ1v) is 10.4. The standard InChI is InChI=1S/C21H22ClN3O3S/c1-3-27-18-11-15(12-24-21-23-8-9-29-21)10-17(22)20(18)28-13-19(26)25-16-6-4-14(2)5-7-16/h4-11H,3,12-13H2,1-2H3,(H,23,24)(H,25,26). The third-order valence-corrected chi connectivity index (χ3v) is 4.94. The molecule has 6 nitrogen and oxygen atoms in total. The zero-order chi connectivity index (χ0) is 20.6. The molecular formula is C21H22ClN3O3S. The summed E-state index contributed by atoms with van der Waals surface area (Å²) in [6, 6.07) is 11.2. The number of nitrogens with zero attached hydrogens (tertiary/aromatic N) is 1.